The maximum atomic E-state index is 3.81. The van der Waals surface area contributed by atoms with Gasteiger partial charge in [-0.1, -0.05) is 31.9 Å². The minimum atomic E-state index is 0.392. The second-order valence-corrected chi connectivity index (χ2v) is 6.67. The van der Waals surface area contributed by atoms with Crippen molar-refractivity contribution in [1.29, 1.82) is 0 Å². The fourth-order valence-corrected chi connectivity index (χ4v) is 3.66. The summed E-state index contributed by atoms with van der Waals surface area (Å²) in [5.74, 6) is 0.879. The molecule has 0 aromatic carbocycles. The third kappa shape index (κ3) is 3.36. The Labute approximate surface area is 113 Å². The summed E-state index contributed by atoms with van der Waals surface area (Å²) in [5.41, 5.74) is 0.392. The molecule has 2 aliphatic rings. The molecule has 2 heteroatoms. The van der Waals surface area contributed by atoms with Crippen molar-refractivity contribution in [2.75, 3.05) is 20.6 Å². The lowest BCUT2D eigenvalue weighted by Crippen LogP contribution is -2.55. The van der Waals surface area contributed by atoms with Gasteiger partial charge in [0.2, 0.25) is 0 Å². The molecule has 1 N–H and O–H groups in total. The van der Waals surface area contributed by atoms with Crippen molar-refractivity contribution in [3.8, 4) is 0 Å². The van der Waals surface area contributed by atoms with E-state index in [1.165, 1.54) is 44.9 Å². The molecule has 0 heterocycles. The number of likely N-dealkylation sites (N-methyl/N-ethyl adjacent to an activating group) is 1. The summed E-state index contributed by atoms with van der Waals surface area (Å²) in [6.45, 7) is 3.57. The fourth-order valence-electron chi connectivity index (χ4n) is 3.66. The molecule has 0 radical (unpaired) electrons. The van der Waals surface area contributed by atoms with Crippen molar-refractivity contribution in [3.63, 3.8) is 0 Å². The van der Waals surface area contributed by atoms with E-state index in [2.05, 4.69) is 43.4 Å². The van der Waals surface area contributed by atoms with Gasteiger partial charge in [0.15, 0.2) is 0 Å². The van der Waals surface area contributed by atoms with Crippen molar-refractivity contribution in [2.24, 2.45) is 5.92 Å². The first-order valence-corrected chi connectivity index (χ1v) is 7.70. The van der Waals surface area contributed by atoms with Gasteiger partial charge in [-0.05, 0) is 52.1 Å². The summed E-state index contributed by atoms with van der Waals surface area (Å²) in [5, 5.41) is 3.81. The molecule has 0 amide bonds. The average molecular weight is 250 g/mol. The summed E-state index contributed by atoms with van der Waals surface area (Å²) < 4.78 is 0. The molecule has 0 saturated heterocycles. The van der Waals surface area contributed by atoms with Crippen molar-refractivity contribution in [2.45, 2.75) is 63.5 Å². The van der Waals surface area contributed by atoms with Crippen molar-refractivity contribution < 1.29 is 0 Å². The van der Waals surface area contributed by atoms with Crippen molar-refractivity contribution >= 4 is 0 Å². The first kappa shape index (κ1) is 14.1. The first-order chi connectivity index (χ1) is 8.62. The van der Waals surface area contributed by atoms with Crippen LogP contribution in [0.15, 0.2) is 12.2 Å². The maximum Gasteiger partial charge on any atom is 0.0330 e. The van der Waals surface area contributed by atoms with Gasteiger partial charge in [0.25, 0.3) is 0 Å². The van der Waals surface area contributed by atoms with Gasteiger partial charge < -0.3 is 10.2 Å². The van der Waals surface area contributed by atoms with E-state index in [9.17, 15) is 0 Å². The quantitative estimate of drug-likeness (QED) is 0.771. The van der Waals surface area contributed by atoms with E-state index < -0.39 is 0 Å². The van der Waals surface area contributed by atoms with E-state index in [0.29, 0.717) is 11.6 Å². The van der Waals surface area contributed by atoms with Gasteiger partial charge in [-0.2, -0.15) is 0 Å². The second-order valence-electron chi connectivity index (χ2n) is 6.67. The zero-order valence-electron chi connectivity index (χ0n) is 12.4. The Morgan fingerprint density at radius 3 is 2.72 bits per heavy atom. The van der Waals surface area contributed by atoms with Gasteiger partial charge in [0.1, 0.15) is 0 Å². The van der Waals surface area contributed by atoms with Gasteiger partial charge in [-0.3, -0.25) is 0 Å². The Hall–Kier alpha value is -0.340. The summed E-state index contributed by atoms with van der Waals surface area (Å²) in [4.78, 5) is 2.47. The Bertz CT molecular complexity index is 285. The molecule has 3 unspecified atom stereocenters. The van der Waals surface area contributed by atoms with E-state index in [1.807, 2.05) is 0 Å². The molecular weight excluding hydrogens is 220 g/mol. The van der Waals surface area contributed by atoms with E-state index in [0.717, 1.165) is 12.5 Å². The smallest absolute Gasteiger partial charge is 0.0330 e. The Morgan fingerprint density at radius 2 is 2.11 bits per heavy atom. The van der Waals surface area contributed by atoms with Crippen LogP contribution in [0.1, 0.15) is 51.9 Å². The second kappa shape index (κ2) is 6.21. The summed E-state index contributed by atoms with van der Waals surface area (Å²) in [6.07, 6.45) is 14.2. The number of rotatable bonds is 4. The van der Waals surface area contributed by atoms with Gasteiger partial charge in [-0.15, -0.1) is 0 Å². The topological polar surface area (TPSA) is 15.3 Å². The van der Waals surface area contributed by atoms with Crippen LogP contribution in [0.5, 0.6) is 0 Å². The zero-order valence-corrected chi connectivity index (χ0v) is 12.4. The SMILES string of the molecule is CC1CCCC(CNC2C=CCCC2)(N(C)C)C1. The van der Waals surface area contributed by atoms with Crippen molar-refractivity contribution in [3.05, 3.63) is 12.2 Å². The van der Waals surface area contributed by atoms with Crippen LogP contribution in [0, 0.1) is 5.92 Å². The highest BCUT2D eigenvalue weighted by molar-refractivity contribution is 5.01. The van der Waals surface area contributed by atoms with Gasteiger partial charge in [-0.25, -0.2) is 0 Å². The lowest BCUT2D eigenvalue weighted by Gasteiger charge is -2.46. The molecule has 0 aromatic heterocycles. The highest BCUT2D eigenvalue weighted by Crippen LogP contribution is 2.35. The monoisotopic (exact) mass is 250 g/mol. The van der Waals surface area contributed by atoms with Crippen molar-refractivity contribution in [1.82, 2.24) is 10.2 Å². The molecule has 104 valence electrons. The lowest BCUT2D eigenvalue weighted by molar-refractivity contribution is 0.0732. The van der Waals surface area contributed by atoms with Crippen LogP contribution >= 0.6 is 0 Å². The molecule has 3 atom stereocenters. The highest BCUT2D eigenvalue weighted by atomic mass is 15.2. The summed E-state index contributed by atoms with van der Waals surface area (Å²) in [7, 11) is 4.52. The standard InChI is InChI=1S/C16H30N2/c1-14-8-7-11-16(12-14,18(2)3)13-17-15-9-5-4-6-10-15/h5,9,14-15,17H,4,6-8,10-13H2,1-3H3. The predicted octanol–water partition coefficient (Wildman–Crippen LogP) is 3.20. The number of allylic oxidation sites excluding steroid dienone is 1. The van der Waals surface area contributed by atoms with E-state index in [1.54, 1.807) is 0 Å². The molecule has 0 aromatic rings. The molecule has 1 saturated carbocycles. The number of nitrogens with zero attached hydrogens (tertiary/aromatic N) is 1. The van der Waals surface area contributed by atoms with Gasteiger partial charge >= 0.3 is 0 Å². The van der Waals surface area contributed by atoms with Crippen LogP contribution in [0.25, 0.3) is 0 Å². The van der Waals surface area contributed by atoms with Gasteiger partial charge in [0, 0.05) is 18.1 Å². The molecule has 1 fully saturated rings. The van der Waals surface area contributed by atoms with E-state index in [4.69, 9.17) is 0 Å². The normalized spacial score (nSPS) is 37.1. The molecular formula is C16H30N2. The molecule has 2 aliphatic carbocycles. The minimum Gasteiger partial charge on any atom is -0.309 e. The molecule has 2 rings (SSSR count). The molecule has 18 heavy (non-hydrogen) atoms. The molecule has 0 spiro atoms. The first-order valence-electron chi connectivity index (χ1n) is 7.70. The summed E-state index contributed by atoms with van der Waals surface area (Å²) >= 11 is 0. The summed E-state index contributed by atoms with van der Waals surface area (Å²) in [6, 6.07) is 0.618. The number of hydrogen-bond acceptors (Lipinski definition) is 2. The van der Waals surface area contributed by atoms with Gasteiger partial charge in [0.05, 0.1) is 0 Å². The fraction of sp³-hybridized carbons (Fsp3) is 0.875. The van der Waals surface area contributed by atoms with Crippen LogP contribution in [-0.2, 0) is 0 Å². The Kier molecular flexibility index (Phi) is 4.85. The Balaban J connectivity index is 1.93. The van der Waals surface area contributed by atoms with E-state index in [-0.39, 0.29) is 0 Å². The Morgan fingerprint density at radius 1 is 1.28 bits per heavy atom. The zero-order chi connectivity index (χ0) is 13.0. The number of nitrogens with one attached hydrogen (secondary N) is 1. The lowest BCUT2D eigenvalue weighted by atomic mass is 9.75. The molecule has 0 bridgehead atoms. The maximum absolute atomic E-state index is 3.81. The number of hydrogen-bond donors (Lipinski definition) is 1. The largest absolute Gasteiger partial charge is 0.309 e. The average Bonchev–Trinajstić information content (AvgIpc) is 2.37. The van der Waals surface area contributed by atoms with E-state index >= 15 is 0 Å². The molecule has 0 aliphatic heterocycles. The predicted molar refractivity (Wildman–Crippen MR) is 78.8 cm³/mol. The minimum absolute atomic E-state index is 0.392. The third-order valence-electron chi connectivity index (χ3n) is 4.96. The van der Waals surface area contributed by atoms with Crippen LogP contribution in [0.4, 0.5) is 0 Å². The third-order valence-corrected chi connectivity index (χ3v) is 4.96. The van der Waals surface area contributed by atoms with Crippen LogP contribution in [0.3, 0.4) is 0 Å². The highest BCUT2D eigenvalue weighted by Gasteiger charge is 2.36. The van der Waals surface area contributed by atoms with Crippen LogP contribution in [-0.4, -0.2) is 37.1 Å². The molecule has 2 nitrogen and oxygen atoms in total. The van der Waals surface area contributed by atoms with Crippen LogP contribution in [0.2, 0.25) is 0 Å². The van der Waals surface area contributed by atoms with Crippen LogP contribution < -0.4 is 5.32 Å².